The molecule has 15 atom stereocenters. The second-order valence-electron chi connectivity index (χ2n) is 18.6. The van der Waals surface area contributed by atoms with Gasteiger partial charge in [0.05, 0.1) is 24.2 Å². The predicted molar refractivity (Wildman–Crippen MR) is 178 cm³/mol. The van der Waals surface area contributed by atoms with Gasteiger partial charge in [-0.3, -0.25) is 4.79 Å². The molecule has 278 valence electrons. The molecule has 5 aliphatic carbocycles. The fraction of sp³-hybridized carbons (Fsp3) is 0.895. The number of carbonyl (C=O) groups is 2. The summed E-state index contributed by atoms with van der Waals surface area (Å²) in [6, 6.07) is 0. The van der Waals surface area contributed by atoms with Crippen LogP contribution in [-0.4, -0.2) is 99.2 Å². The largest absolute Gasteiger partial charge is 0.481 e. The van der Waals surface area contributed by atoms with E-state index in [2.05, 4.69) is 54.5 Å². The topological polar surface area (TPSA) is 183 Å². The van der Waals surface area contributed by atoms with E-state index in [1.807, 2.05) is 0 Å². The van der Waals surface area contributed by atoms with Crippen LogP contribution in [0.3, 0.4) is 0 Å². The summed E-state index contributed by atoms with van der Waals surface area (Å²) < 4.78 is 17.5. The molecule has 11 nitrogen and oxygen atoms in total. The second-order valence-corrected chi connectivity index (χ2v) is 18.6. The Morgan fingerprint density at radius 1 is 0.878 bits per heavy atom. The molecule has 1 heterocycles. The minimum Gasteiger partial charge on any atom is -0.481 e. The summed E-state index contributed by atoms with van der Waals surface area (Å²) >= 11 is 0. The molecule has 1 aliphatic heterocycles. The van der Waals surface area contributed by atoms with Gasteiger partial charge in [0.15, 0.2) is 12.4 Å². The fourth-order valence-electron chi connectivity index (χ4n) is 13.0. The summed E-state index contributed by atoms with van der Waals surface area (Å²) in [5.41, 5.74) is -1.39. The third kappa shape index (κ3) is 4.99. The molecule has 0 bridgehead atoms. The van der Waals surface area contributed by atoms with Gasteiger partial charge in [0.1, 0.15) is 18.3 Å². The van der Waals surface area contributed by atoms with Gasteiger partial charge in [0.25, 0.3) is 0 Å². The highest BCUT2D eigenvalue weighted by Gasteiger charge is 2.72. The van der Waals surface area contributed by atoms with Crippen LogP contribution in [0.25, 0.3) is 0 Å². The fourth-order valence-corrected chi connectivity index (χ4v) is 13.0. The molecule has 0 spiro atoms. The molecule has 0 radical (unpaired) electrons. The van der Waals surface area contributed by atoms with Crippen molar-refractivity contribution in [1.82, 2.24) is 0 Å². The van der Waals surface area contributed by atoms with Gasteiger partial charge in [0, 0.05) is 13.0 Å². The number of aliphatic hydroxyl groups is 4. The standard InChI is InChI=1S/C38H60O11/c1-33(2)17-19(18-47-8)38(32(45)46)16-15-36(6)20(24(38)29(33)42)9-10-22-35(5)13-12-23(34(3,4)21(35)11-14-37(22,36)7)48-31-27(41)25(39)26(40)28(49-31)30(43)44/h9,19,21-29,31,39-42H,10-18H2,1-8H3,(H,43,44)(H,45,46). The highest BCUT2D eigenvalue weighted by atomic mass is 16.7. The first-order valence-electron chi connectivity index (χ1n) is 18.3. The van der Waals surface area contributed by atoms with Crippen LogP contribution in [0.15, 0.2) is 11.6 Å². The van der Waals surface area contributed by atoms with Crippen molar-refractivity contribution in [1.29, 1.82) is 0 Å². The Balaban J connectivity index is 1.33. The molecular weight excluding hydrogens is 632 g/mol. The van der Waals surface area contributed by atoms with E-state index in [-0.39, 0.29) is 34.2 Å². The maximum atomic E-state index is 13.4. The summed E-state index contributed by atoms with van der Waals surface area (Å²) in [6.45, 7) is 15.9. The monoisotopic (exact) mass is 692 g/mol. The Bertz CT molecular complexity index is 1360. The molecular formula is C38H60O11. The first kappa shape index (κ1) is 37.2. The lowest BCUT2D eigenvalue weighted by molar-refractivity contribution is -0.324. The minimum atomic E-state index is -1.77. The molecule has 49 heavy (non-hydrogen) atoms. The van der Waals surface area contributed by atoms with E-state index in [1.165, 1.54) is 0 Å². The van der Waals surface area contributed by atoms with Gasteiger partial charge in [-0.25, -0.2) is 4.79 Å². The average Bonchev–Trinajstić information content (AvgIpc) is 3.00. The van der Waals surface area contributed by atoms with E-state index in [1.54, 1.807) is 7.11 Å². The highest BCUT2D eigenvalue weighted by Crippen LogP contribution is 2.76. The van der Waals surface area contributed by atoms with Crippen LogP contribution < -0.4 is 0 Å². The number of allylic oxidation sites excluding steroid dienone is 1. The number of aliphatic carboxylic acids is 2. The maximum Gasteiger partial charge on any atom is 0.335 e. The first-order valence-corrected chi connectivity index (χ1v) is 18.3. The molecule has 0 aromatic carbocycles. The van der Waals surface area contributed by atoms with Crippen molar-refractivity contribution in [3.05, 3.63) is 11.6 Å². The average molecular weight is 693 g/mol. The molecule has 6 N–H and O–H groups in total. The van der Waals surface area contributed by atoms with Crippen LogP contribution >= 0.6 is 0 Å². The number of rotatable bonds is 6. The molecule has 15 unspecified atom stereocenters. The Kier molecular flexibility index (Phi) is 9.08. The number of methoxy groups -OCH3 is 1. The number of carboxylic acids is 2. The van der Waals surface area contributed by atoms with Gasteiger partial charge in [-0.15, -0.1) is 0 Å². The first-order chi connectivity index (χ1) is 22.6. The normalized spacial score (nSPS) is 51.7. The molecule has 0 aromatic heterocycles. The van der Waals surface area contributed by atoms with E-state index >= 15 is 0 Å². The number of aliphatic hydroxyl groups excluding tert-OH is 4. The number of hydrogen-bond donors (Lipinski definition) is 6. The third-order valence-corrected chi connectivity index (χ3v) is 15.9. The smallest absolute Gasteiger partial charge is 0.335 e. The van der Waals surface area contributed by atoms with E-state index in [0.29, 0.717) is 31.8 Å². The summed E-state index contributed by atoms with van der Waals surface area (Å²) in [5.74, 6) is -2.47. The maximum absolute atomic E-state index is 13.4. The van der Waals surface area contributed by atoms with Crippen molar-refractivity contribution in [3.63, 3.8) is 0 Å². The van der Waals surface area contributed by atoms with Gasteiger partial charge in [-0.05, 0) is 96.2 Å². The Morgan fingerprint density at radius 3 is 2.16 bits per heavy atom. The second kappa shape index (κ2) is 12.0. The van der Waals surface area contributed by atoms with Crippen LogP contribution in [0, 0.1) is 56.2 Å². The van der Waals surface area contributed by atoms with Gasteiger partial charge in [0.2, 0.25) is 0 Å². The summed E-state index contributed by atoms with van der Waals surface area (Å²) in [5, 5.41) is 64.0. The van der Waals surface area contributed by atoms with E-state index in [4.69, 9.17) is 14.2 Å². The van der Waals surface area contributed by atoms with Crippen molar-refractivity contribution in [3.8, 4) is 0 Å². The lowest BCUT2D eigenvalue weighted by Crippen LogP contribution is -2.68. The molecule has 6 rings (SSSR count). The number of fused-ring (bicyclic) bond motifs is 7. The molecule has 0 amide bonds. The summed E-state index contributed by atoms with van der Waals surface area (Å²) in [6.07, 6.45) is -1.17. The number of carboxylic acid groups (broad SMARTS) is 2. The number of hydrogen-bond acceptors (Lipinski definition) is 9. The van der Waals surface area contributed by atoms with Crippen molar-refractivity contribution < 1.29 is 54.4 Å². The number of ether oxygens (including phenoxy) is 3. The van der Waals surface area contributed by atoms with Crippen molar-refractivity contribution in [2.45, 2.75) is 143 Å². The lowest BCUT2D eigenvalue weighted by atomic mass is 9.33. The molecule has 6 aliphatic rings. The quantitative estimate of drug-likeness (QED) is 0.175. The highest BCUT2D eigenvalue weighted by molar-refractivity contribution is 5.77. The van der Waals surface area contributed by atoms with Crippen molar-refractivity contribution in [2.24, 2.45) is 56.2 Å². The van der Waals surface area contributed by atoms with Crippen molar-refractivity contribution >= 4 is 11.9 Å². The van der Waals surface area contributed by atoms with Crippen LogP contribution in [0.4, 0.5) is 0 Å². The molecule has 1 saturated heterocycles. The van der Waals surface area contributed by atoms with E-state index in [9.17, 15) is 40.2 Å². The van der Waals surface area contributed by atoms with Crippen LogP contribution in [0.5, 0.6) is 0 Å². The van der Waals surface area contributed by atoms with E-state index < -0.39 is 70.9 Å². The molecule has 0 aromatic rings. The van der Waals surface area contributed by atoms with Gasteiger partial charge in [-0.2, -0.15) is 0 Å². The van der Waals surface area contributed by atoms with Crippen molar-refractivity contribution in [2.75, 3.05) is 13.7 Å². The zero-order valence-electron chi connectivity index (χ0n) is 30.5. The Hall–Kier alpha value is -1.60. The summed E-state index contributed by atoms with van der Waals surface area (Å²) in [4.78, 5) is 25.1. The third-order valence-electron chi connectivity index (χ3n) is 15.9. The lowest BCUT2D eigenvalue weighted by Gasteiger charge is -2.72. The Labute approximate surface area is 290 Å². The predicted octanol–water partition coefficient (Wildman–Crippen LogP) is 3.99. The van der Waals surface area contributed by atoms with Crippen LogP contribution in [-0.2, 0) is 23.8 Å². The van der Waals surface area contributed by atoms with Crippen LogP contribution in [0.1, 0.15) is 99.8 Å². The van der Waals surface area contributed by atoms with E-state index in [0.717, 1.165) is 37.7 Å². The summed E-state index contributed by atoms with van der Waals surface area (Å²) in [7, 11) is 1.63. The van der Waals surface area contributed by atoms with Gasteiger partial charge in [-0.1, -0.05) is 60.1 Å². The molecule has 11 heteroatoms. The van der Waals surface area contributed by atoms with Gasteiger partial charge >= 0.3 is 11.9 Å². The van der Waals surface area contributed by atoms with Crippen LogP contribution in [0.2, 0.25) is 0 Å². The Morgan fingerprint density at radius 2 is 1.55 bits per heavy atom. The zero-order chi connectivity index (χ0) is 36.3. The minimum absolute atomic E-state index is 0.100. The molecule has 4 saturated carbocycles. The van der Waals surface area contributed by atoms with Gasteiger partial charge < -0.3 is 44.8 Å². The SMILES string of the molecule is COCC1CC(C)(C)C(O)C2C3=CCC4C5(C)CCC(OC6OC(C(=O)O)C(O)C(O)C6O)C(C)(C)C5CCC4(C)C3(C)CCC12C(=O)O. The zero-order valence-corrected chi connectivity index (χ0v) is 30.5. The molecule has 5 fully saturated rings.